The number of nitrogens with zero attached hydrogens (tertiary/aromatic N) is 1. The van der Waals surface area contributed by atoms with Gasteiger partial charge in [-0.2, -0.15) is 0 Å². The van der Waals surface area contributed by atoms with Crippen LogP contribution in [0.15, 0.2) is 23.9 Å². The van der Waals surface area contributed by atoms with Gasteiger partial charge in [-0.1, -0.05) is 36.2 Å². The van der Waals surface area contributed by atoms with E-state index in [4.69, 9.17) is 23.2 Å². The van der Waals surface area contributed by atoms with Crippen LogP contribution in [0.5, 0.6) is 0 Å². The summed E-state index contributed by atoms with van der Waals surface area (Å²) in [6.45, 7) is 1.73. The van der Waals surface area contributed by atoms with Gasteiger partial charge >= 0.3 is 0 Å². The molecular weight excluding hydrogens is 237 g/mol. The quantitative estimate of drug-likeness (QED) is 0.597. The lowest BCUT2D eigenvalue weighted by atomic mass is 10.2. The summed E-state index contributed by atoms with van der Waals surface area (Å²) in [4.78, 5) is 10.2. The van der Waals surface area contributed by atoms with Gasteiger partial charge in [0.25, 0.3) is 0 Å². The molecule has 0 unspecified atom stereocenters. The highest BCUT2D eigenvalue weighted by Crippen LogP contribution is 2.24. The van der Waals surface area contributed by atoms with Crippen molar-refractivity contribution >= 4 is 29.3 Å². The van der Waals surface area contributed by atoms with Gasteiger partial charge in [-0.25, -0.2) is 0 Å². The summed E-state index contributed by atoms with van der Waals surface area (Å²) in [7, 11) is 0. The first-order chi connectivity index (χ1) is 7.04. The minimum Gasteiger partial charge on any atom is -0.259 e. The smallest absolute Gasteiger partial charge is 0.246 e. The van der Waals surface area contributed by atoms with Gasteiger partial charge in [0.15, 0.2) is 0 Å². The van der Waals surface area contributed by atoms with Gasteiger partial charge in [-0.15, -0.1) is 0 Å². The third kappa shape index (κ3) is 3.22. The Balaban J connectivity index is 3.07. The maximum atomic E-state index is 10.6. The van der Waals surface area contributed by atoms with Crippen molar-refractivity contribution in [3.05, 3.63) is 49.6 Å². The number of hydrogen-bond donors (Lipinski definition) is 0. The third-order valence-corrected chi connectivity index (χ3v) is 2.61. The minimum atomic E-state index is -0.400. The molecule has 0 aliphatic rings. The molecule has 0 radical (unpaired) electrons. The second-order valence-electron chi connectivity index (χ2n) is 2.92. The molecule has 0 atom stereocenters. The fraction of sp³-hybridized carbons (Fsp3) is 0.200. The molecule has 0 bridgehead atoms. The lowest BCUT2D eigenvalue weighted by molar-refractivity contribution is -0.425. The van der Waals surface area contributed by atoms with Gasteiger partial charge in [-0.05, 0) is 17.7 Å². The molecule has 0 saturated carbocycles. The lowest BCUT2D eigenvalue weighted by Gasteiger charge is -1.98. The van der Waals surface area contributed by atoms with Gasteiger partial charge in [0.05, 0.1) is 15.0 Å². The molecule has 0 spiro atoms. The molecule has 1 aromatic carbocycles. The van der Waals surface area contributed by atoms with Crippen molar-refractivity contribution in [2.24, 2.45) is 0 Å². The zero-order chi connectivity index (χ0) is 11.4. The molecule has 1 aromatic rings. The molecule has 0 fully saturated rings. The van der Waals surface area contributed by atoms with Crippen LogP contribution in [0.1, 0.15) is 18.9 Å². The maximum absolute atomic E-state index is 10.6. The topological polar surface area (TPSA) is 43.1 Å². The van der Waals surface area contributed by atoms with E-state index in [0.717, 1.165) is 0 Å². The van der Waals surface area contributed by atoms with Gasteiger partial charge in [0, 0.05) is 12.5 Å². The second kappa shape index (κ2) is 5.14. The van der Waals surface area contributed by atoms with E-state index >= 15 is 0 Å². The number of benzene rings is 1. The van der Waals surface area contributed by atoms with Crippen LogP contribution in [0, 0.1) is 10.1 Å². The molecule has 5 heteroatoms. The number of allylic oxidation sites excluding steroid dienone is 1. The monoisotopic (exact) mass is 245 g/mol. The summed E-state index contributed by atoms with van der Waals surface area (Å²) in [5.41, 5.74) is 0.825. The lowest BCUT2D eigenvalue weighted by Crippen LogP contribution is -1.96. The Morgan fingerprint density at radius 1 is 1.47 bits per heavy atom. The van der Waals surface area contributed by atoms with Crippen molar-refractivity contribution in [2.75, 3.05) is 0 Å². The molecule has 1 rings (SSSR count). The summed E-state index contributed by atoms with van der Waals surface area (Å²) < 4.78 is 0. The van der Waals surface area contributed by atoms with E-state index in [1.165, 1.54) is 6.08 Å². The Morgan fingerprint density at radius 2 is 2.13 bits per heavy atom. The Labute approximate surface area is 97.5 Å². The number of rotatable bonds is 3. The molecule has 0 saturated heterocycles. The van der Waals surface area contributed by atoms with Crippen LogP contribution in [0.25, 0.3) is 6.08 Å². The Bertz CT molecular complexity index is 416. The molecule has 0 aliphatic carbocycles. The number of nitro groups is 1. The molecule has 80 valence electrons. The zero-order valence-corrected chi connectivity index (χ0v) is 9.55. The van der Waals surface area contributed by atoms with E-state index in [0.29, 0.717) is 22.0 Å². The van der Waals surface area contributed by atoms with Gasteiger partial charge in [0.1, 0.15) is 0 Å². The van der Waals surface area contributed by atoms with Crippen LogP contribution in [-0.4, -0.2) is 4.92 Å². The van der Waals surface area contributed by atoms with Gasteiger partial charge < -0.3 is 0 Å². The predicted molar refractivity (Wildman–Crippen MR) is 61.7 cm³/mol. The van der Waals surface area contributed by atoms with Crippen molar-refractivity contribution in [3.8, 4) is 0 Å². The van der Waals surface area contributed by atoms with Crippen molar-refractivity contribution in [1.82, 2.24) is 0 Å². The summed E-state index contributed by atoms with van der Waals surface area (Å²) in [6.07, 6.45) is 1.86. The number of halogens is 2. The highest BCUT2D eigenvalue weighted by molar-refractivity contribution is 6.42. The largest absolute Gasteiger partial charge is 0.259 e. The van der Waals surface area contributed by atoms with Crippen molar-refractivity contribution in [1.29, 1.82) is 0 Å². The SMILES string of the molecule is CC/C(=C/c1ccc(Cl)c(Cl)c1)[N+](=O)[O-]. The highest BCUT2D eigenvalue weighted by Gasteiger charge is 2.07. The van der Waals surface area contributed by atoms with E-state index in [9.17, 15) is 10.1 Å². The molecule has 15 heavy (non-hydrogen) atoms. The van der Waals surface area contributed by atoms with E-state index in [1.54, 1.807) is 25.1 Å². The Morgan fingerprint density at radius 3 is 2.60 bits per heavy atom. The summed E-state index contributed by atoms with van der Waals surface area (Å²) >= 11 is 11.5. The van der Waals surface area contributed by atoms with E-state index in [-0.39, 0.29) is 5.70 Å². The molecule has 0 N–H and O–H groups in total. The summed E-state index contributed by atoms with van der Waals surface area (Å²) in [5.74, 6) is 0. The maximum Gasteiger partial charge on any atom is 0.246 e. The van der Waals surface area contributed by atoms with Crippen molar-refractivity contribution in [2.45, 2.75) is 13.3 Å². The highest BCUT2D eigenvalue weighted by atomic mass is 35.5. The first kappa shape index (κ1) is 12.0. The molecule has 0 aliphatic heterocycles. The normalized spacial score (nSPS) is 11.5. The Hall–Kier alpha value is -1.06. The molecule has 0 heterocycles. The third-order valence-electron chi connectivity index (χ3n) is 1.87. The van der Waals surface area contributed by atoms with E-state index < -0.39 is 4.92 Å². The summed E-state index contributed by atoms with van der Waals surface area (Å²) in [6, 6.07) is 4.90. The van der Waals surface area contributed by atoms with Crippen LogP contribution >= 0.6 is 23.2 Å². The predicted octanol–water partition coefficient (Wildman–Crippen LogP) is 4.02. The Kier molecular flexibility index (Phi) is 4.12. The number of hydrogen-bond acceptors (Lipinski definition) is 2. The van der Waals surface area contributed by atoms with E-state index in [1.807, 2.05) is 0 Å². The first-order valence-corrected chi connectivity index (χ1v) is 5.10. The minimum absolute atomic E-state index is 0.147. The van der Waals surface area contributed by atoms with Crippen LogP contribution in [0.4, 0.5) is 0 Å². The van der Waals surface area contributed by atoms with Gasteiger partial charge in [0.2, 0.25) is 5.70 Å². The fourth-order valence-electron chi connectivity index (χ4n) is 1.08. The fourth-order valence-corrected chi connectivity index (χ4v) is 1.38. The summed E-state index contributed by atoms with van der Waals surface area (Å²) in [5, 5.41) is 11.4. The molecule has 0 aromatic heterocycles. The van der Waals surface area contributed by atoms with Crippen molar-refractivity contribution in [3.63, 3.8) is 0 Å². The van der Waals surface area contributed by atoms with Crippen LogP contribution in [0.2, 0.25) is 10.0 Å². The molecule has 0 amide bonds. The first-order valence-electron chi connectivity index (χ1n) is 4.34. The second-order valence-corrected chi connectivity index (χ2v) is 3.73. The van der Waals surface area contributed by atoms with Crippen LogP contribution < -0.4 is 0 Å². The average Bonchev–Trinajstić information content (AvgIpc) is 2.19. The van der Waals surface area contributed by atoms with Gasteiger partial charge in [-0.3, -0.25) is 10.1 Å². The molecular formula is C10H9Cl2NO2. The van der Waals surface area contributed by atoms with Crippen molar-refractivity contribution < 1.29 is 4.92 Å². The standard InChI is InChI=1S/C10H9Cl2NO2/c1-2-8(13(14)15)5-7-3-4-9(11)10(12)6-7/h3-6H,2H2,1H3/b8-5-. The van der Waals surface area contributed by atoms with Crippen LogP contribution in [-0.2, 0) is 0 Å². The molecule has 3 nitrogen and oxygen atoms in total. The zero-order valence-electron chi connectivity index (χ0n) is 8.04. The average molecular weight is 246 g/mol. The van der Waals surface area contributed by atoms with E-state index in [2.05, 4.69) is 0 Å². The van der Waals surface area contributed by atoms with Crippen LogP contribution in [0.3, 0.4) is 0 Å².